The number of hydrogen-bond acceptors (Lipinski definition) is 7. The molecule has 1 aromatic carbocycles. The normalized spacial score (nSPS) is 28.0. The SMILES string of the molecule is CS(=O)(=O)CC(=O)NC1C(CCC2CC2)=NN2C[C@]3(CCOc4cc(F)cc(F)c43)NC(=O)C12. The van der Waals surface area contributed by atoms with E-state index in [1.165, 1.54) is 0 Å². The Morgan fingerprint density at radius 2 is 2.12 bits per heavy atom. The third-order valence-corrected chi connectivity index (χ3v) is 7.60. The van der Waals surface area contributed by atoms with Crippen LogP contribution in [0.25, 0.3) is 0 Å². The average molecular weight is 497 g/mol. The average Bonchev–Trinajstić information content (AvgIpc) is 3.46. The molecule has 1 saturated heterocycles. The van der Waals surface area contributed by atoms with Crippen molar-refractivity contribution >= 4 is 27.4 Å². The van der Waals surface area contributed by atoms with Gasteiger partial charge < -0.3 is 15.4 Å². The number of carbonyl (C=O) groups is 2. The van der Waals surface area contributed by atoms with Gasteiger partial charge in [-0.1, -0.05) is 12.8 Å². The molecular formula is C22H26F2N4O5S. The minimum atomic E-state index is -3.56. The molecule has 3 heterocycles. The molecule has 2 N–H and O–H groups in total. The molecule has 9 nitrogen and oxygen atoms in total. The number of amides is 2. The van der Waals surface area contributed by atoms with E-state index in [0.29, 0.717) is 18.1 Å². The zero-order chi connectivity index (χ0) is 24.3. The van der Waals surface area contributed by atoms with Crippen LogP contribution in [0.1, 0.15) is 37.7 Å². The van der Waals surface area contributed by atoms with Crippen LogP contribution in [0.2, 0.25) is 0 Å². The van der Waals surface area contributed by atoms with Crippen molar-refractivity contribution in [3.8, 4) is 5.75 Å². The number of nitrogens with one attached hydrogen (secondary N) is 2. The van der Waals surface area contributed by atoms with Gasteiger partial charge in [-0.15, -0.1) is 0 Å². The molecule has 34 heavy (non-hydrogen) atoms. The van der Waals surface area contributed by atoms with Crippen LogP contribution in [-0.2, 0) is 25.0 Å². The van der Waals surface area contributed by atoms with E-state index in [4.69, 9.17) is 4.74 Å². The lowest BCUT2D eigenvalue weighted by molar-refractivity contribution is -0.135. The molecule has 5 rings (SSSR count). The number of halogens is 2. The minimum Gasteiger partial charge on any atom is -0.493 e. The van der Waals surface area contributed by atoms with Crippen LogP contribution in [0.3, 0.4) is 0 Å². The zero-order valence-corrected chi connectivity index (χ0v) is 19.5. The maximum Gasteiger partial charge on any atom is 0.247 e. The van der Waals surface area contributed by atoms with Crippen molar-refractivity contribution in [2.75, 3.05) is 25.2 Å². The second-order valence-corrected chi connectivity index (χ2v) is 11.8. The monoisotopic (exact) mass is 496 g/mol. The number of fused-ring (bicyclic) bond motifs is 3. The molecule has 1 aromatic rings. The van der Waals surface area contributed by atoms with Gasteiger partial charge in [0.05, 0.1) is 30.0 Å². The van der Waals surface area contributed by atoms with Gasteiger partial charge in [-0.2, -0.15) is 5.10 Å². The number of carbonyl (C=O) groups excluding carboxylic acids is 2. The number of rotatable bonds is 6. The largest absolute Gasteiger partial charge is 0.493 e. The third kappa shape index (κ3) is 4.35. The van der Waals surface area contributed by atoms with Crippen molar-refractivity contribution in [1.29, 1.82) is 0 Å². The molecule has 0 aromatic heterocycles. The third-order valence-electron chi connectivity index (χ3n) is 6.81. The number of piperazine rings is 1. The van der Waals surface area contributed by atoms with E-state index < -0.39 is 56.7 Å². The summed E-state index contributed by atoms with van der Waals surface area (Å²) in [6.45, 7) is 0.259. The van der Waals surface area contributed by atoms with Crippen molar-refractivity contribution in [3.05, 3.63) is 29.3 Å². The number of nitrogens with zero attached hydrogens (tertiary/aromatic N) is 2. The maximum atomic E-state index is 14.9. The van der Waals surface area contributed by atoms with Gasteiger partial charge in [0.25, 0.3) is 0 Å². The van der Waals surface area contributed by atoms with Crippen molar-refractivity contribution in [3.63, 3.8) is 0 Å². The molecule has 2 unspecified atom stereocenters. The van der Waals surface area contributed by atoms with Crippen LogP contribution in [0, 0.1) is 17.6 Å². The van der Waals surface area contributed by atoms with E-state index in [0.717, 1.165) is 37.7 Å². The zero-order valence-electron chi connectivity index (χ0n) is 18.6. The highest BCUT2D eigenvalue weighted by Crippen LogP contribution is 2.43. The summed E-state index contributed by atoms with van der Waals surface area (Å²) in [6, 6.07) is 0.178. The smallest absolute Gasteiger partial charge is 0.247 e. The fourth-order valence-electron chi connectivity index (χ4n) is 5.14. The van der Waals surface area contributed by atoms with Crippen molar-refractivity contribution < 1.29 is 31.5 Å². The van der Waals surface area contributed by atoms with Crippen LogP contribution >= 0.6 is 0 Å². The van der Waals surface area contributed by atoms with E-state index in [-0.39, 0.29) is 30.9 Å². The molecule has 2 fully saturated rings. The van der Waals surface area contributed by atoms with E-state index in [9.17, 15) is 26.8 Å². The number of hydrogen-bond donors (Lipinski definition) is 2. The molecule has 2 amide bonds. The molecule has 184 valence electrons. The highest BCUT2D eigenvalue weighted by molar-refractivity contribution is 7.91. The predicted molar refractivity (Wildman–Crippen MR) is 118 cm³/mol. The summed E-state index contributed by atoms with van der Waals surface area (Å²) in [5.74, 6) is -2.85. The van der Waals surface area contributed by atoms with Crippen LogP contribution in [0.5, 0.6) is 5.75 Å². The lowest BCUT2D eigenvalue weighted by Gasteiger charge is -2.47. The van der Waals surface area contributed by atoms with Gasteiger partial charge >= 0.3 is 0 Å². The van der Waals surface area contributed by atoms with Gasteiger partial charge in [0.2, 0.25) is 11.8 Å². The first-order valence-electron chi connectivity index (χ1n) is 11.3. The lowest BCUT2D eigenvalue weighted by atomic mass is 9.80. The van der Waals surface area contributed by atoms with Gasteiger partial charge in [-0.3, -0.25) is 14.6 Å². The summed E-state index contributed by atoms with van der Waals surface area (Å²) >= 11 is 0. The van der Waals surface area contributed by atoms with E-state index >= 15 is 0 Å². The molecule has 3 aliphatic heterocycles. The van der Waals surface area contributed by atoms with Crippen LogP contribution in [0.4, 0.5) is 8.78 Å². The standard InChI is InChI=1S/C22H26F2N4O5S/c1-34(31,32)10-17(29)25-19-15(5-4-12-2-3-12)27-28-11-22(26-21(30)20(19)28)6-7-33-16-9-13(23)8-14(24)18(16)22/h8-9,12,19-20H,2-7,10-11H2,1H3,(H,25,29)(H,26,30)/t19?,20?,22-/m0/s1. The lowest BCUT2D eigenvalue weighted by Crippen LogP contribution is -2.68. The van der Waals surface area contributed by atoms with Gasteiger partial charge in [0.15, 0.2) is 15.9 Å². The number of ether oxygens (including phenoxy) is 1. The first kappa shape index (κ1) is 23.0. The van der Waals surface area contributed by atoms with Crippen molar-refractivity contribution in [1.82, 2.24) is 15.6 Å². The minimum absolute atomic E-state index is 0.0395. The fraction of sp³-hybridized carbons (Fsp3) is 0.591. The Hall–Kier alpha value is -2.76. The summed E-state index contributed by atoms with van der Waals surface area (Å²) in [4.78, 5) is 25.8. The summed E-state index contributed by atoms with van der Waals surface area (Å²) < 4.78 is 57.3. The molecule has 3 atom stereocenters. The summed E-state index contributed by atoms with van der Waals surface area (Å²) in [5, 5.41) is 11.8. The Balaban J connectivity index is 1.45. The van der Waals surface area contributed by atoms with E-state index in [2.05, 4.69) is 15.7 Å². The Morgan fingerprint density at radius 1 is 1.35 bits per heavy atom. The Morgan fingerprint density at radius 3 is 2.82 bits per heavy atom. The highest BCUT2D eigenvalue weighted by atomic mass is 32.2. The van der Waals surface area contributed by atoms with E-state index in [1.807, 2.05) is 0 Å². The molecule has 1 aliphatic carbocycles. The van der Waals surface area contributed by atoms with Gasteiger partial charge in [0.1, 0.15) is 29.2 Å². The van der Waals surface area contributed by atoms with Crippen LogP contribution < -0.4 is 15.4 Å². The predicted octanol–water partition coefficient (Wildman–Crippen LogP) is 0.832. The van der Waals surface area contributed by atoms with Crippen molar-refractivity contribution in [2.45, 2.75) is 49.7 Å². The Labute approximate surface area is 195 Å². The molecule has 1 saturated carbocycles. The molecule has 12 heteroatoms. The molecule has 0 radical (unpaired) electrons. The molecular weight excluding hydrogens is 470 g/mol. The van der Waals surface area contributed by atoms with Gasteiger partial charge in [-0.05, 0) is 18.8 Å². The fourth-order valence-corrected chi connectivity index (χ4v) is 5.70. The van der Waals surface area contributed by atoms with E-state index in [1.54, 1.807) is 5.01 Å². The first-order valence-corrected chi connectivity index (χ1v) is 13.4. The summed E-state index contributed by atoms with van der Waals surface area (Å²) in [7, 11) is -3.56. The number of benzene rings is 1. The molecule has 1 spiro atoms. The second-order valence-electron chi connectivity index (χ2n) is 9.66. The molecule has 0 bridgehead atoms. The summed E-state index contributed by atoms with van der Waals surface area (Å²) in [5.41, 5.74) is -0.501. The Kier molecular flexibility index (Phi) is 5.53. The Bertz CT molecular complexity index is 1190. The first-order chi connectivity index (χ1) is 16.0. The number of sulfone groups is 1. The number of hydrazone groups is 1. The van der Waals surface area contributed by atoms with Gasteiger partial charge in [-0.25, -0.2) is 17.2 Å². The molecule has 4 aliphatic rings. The van der Waals surface area contributed by atoms with Crippen LogP contribution in [0.15, 0.2) is 17.2 Å². The second kappa shape index (κ2) is 8.17. The highest BCUT2D eigenvalue weighted by Gasteiger charge is 2.54. The van der Waals surface area contributed by atoms with Gasteiger partial charge in [0, 0.05) is 24.8 Å². The van der Waals surface area contributed by atoms with Crippen molar-refractivity contribution in [2.24, 2.45) is 11.0 Å². The summed E-state index contributed by atoms with van der Waals surface area (Å²) in [6.07, 6.45) is 4.89. The maximum absolute atomic E-state index is 14.9. The van der Waals surface area contributed by atoms with Crippen LogP contribution in [-0.4, -0.2) is 68.2 Å². The quantitative estimate of drug-likeness (QED) is 0.603. The topological polar surface area (TPSA) is 117 Å².